The third-order valence-electron chi connectivity index (χ3n) is 5.82. The molecule has 0 radical (unpaired) electrons. The Kier molecular flexibility index (Phi) is 6.32. The summed E-state index contributed by atoms with van der Waals surface area (Å²) in [6, 6.07) is 8.07. The third-order valence-corrected chi connectivity index (χ3v) is 6.35. The minimum atomic E-state index is -4.47. The number of halogens is 5. The molecule has 0 spiro atoms. The summed E-state index contributed by atoms with van der Waals surface area (Å²) < 4.78 is 38.5. The number of amides is 1. The minimum Gasteiger partial charge on any atom is -0.353 e. The Morgan fingerprint density at radius 3 is 2.32 bits per heavy atom. The highest BCUT2D eigenvalue weighted by molar-refractivity contribution is 6.33. The first-order chi connectivity index (χ1) is 14.7. The second kappa shape index (κ2) is 8.84. The van der Waals surface area contributed by atoms with Crippen LogP contribution in [0.1, 0.15) is 22.3 Å². The van der Waals surface area contributed by atoms with Crippen molar-refractivity contribution >= 4 is 34.9 Å². The van der Waals surface area contributed by atoms with Crippen molar-refractivity contribution in [2.24, 2.45) is 0 Å². The van der Waals surface area contributed by atoms with Crippen molar-refractivity contribution in [3.8, 4) is 0 Å². The largest absolute Gasteiger partial charge is 0.417 e. The molecule has 1 unspecified atom stereocenters. The van der Waals surface area contributed by atoms with Gasteiger partial charge in [0.2, 0.25) is 0 Å². The summed E-state index contributed by atoms with van der Waals surface area (Å²) in [5.41, 5.74) is -0.228. The van der Waals surface area contributed by atoms with Gasteiger partial charge in [-0.1, -0.05) is 23.2 Å². The van der Waals surface area contributed by atoms with Crippen molar-refractivity contribution in [2.75, 3.05) is 44.2 Å². The van der Waals surface area contributed by atoms with Gasteiger partial charge in [-0.15, -0.1) is 0 Å². The van der Waals surface area contributed by atoms with Crippen molar-refractivity contribution in [1.29, 1.82) is 0 Å². The summed E-state index contributed by atoms with van der Waals surface area (Å²) in [4.78, 5) is 22.8. The maximum absolute atomic E-state index is 12.8. The van der Waals surface area contributed by atoms with E-state index in [9.17, 15) is 18.0 Å². The highest BCUT2D eigenvalue weighted by Crippen LogP contribution is 2.34. The SMILES string of the molecule is O=C(c1ccc(Cl)cc1)N1CCC(N2CCN(c3ncc(C(F)(F)F)cc3Cl)CC2)C1. The van der Waals surface area contributed by atoms with Crippen LogP contribution in [0.5, 0.6) is 0 Å². The molecule has 0 saturated carbocycles. The lowest BCUT2D eigenvalue weighted by molar-refractivity contribution is -0.137. The molecule has 0 aliphatic carbocycles. The zero-order valence-electron chi connectivity index (χ0n) is 16.6. The number of aromatic nitrogens is 1. The Labute approximate surface area is 188 Å². The van der Waals surface area contributed by atoms with Gasteiger partial charge in [0.05, 0.1) is 10.6 Å². The molecule has 0 N–H and O–H groups in total. The van der Waals surface area contributed by atoms with Crippen LogP contribution >= 0.6 is 23.2 Å². The van der Waals surface area contributed by atoms with Crippen LogP contribution in [0.25, 0.3) is 0 Å². The number of alkyl halides is 3. The zero-order valence-corrected chi connectivity index (χ0v) is 18.1. The average Bonchev–Trinajstić information content (AvgIpc) is 3.23. The number of carbonyl (C=O) groups is 1. The predicted octanol–water partition coefficient (Wildman–Crippen LogP) is 4.44. The predicted molar refractivity (Wildman–Crippen MR) is 114 cm³/mol. The molecule has 2 aliphatic rings. The van der Waals surface area contributed by atoms with Crippen LogP contribution in [0.15, 0.2) is 36.5 Å². The number of pyridine rings is 1. The second-order valence-corrected chi connectivity index (χ2v) is 8.59. The quantitative estimate of drug-likeness (QED) is 0.661. The number of hydrogen-bond donors (Lipinski definition) is 0. The molecule has 3 heterocycles. The molecule has 1 amide bonds. The van der Waals surface area contributed by atoms with E-state index < -0.39 is 11.7 Å². The van der Waals surface area contributed by atoms with Gasteiger partial charge >= 0.3 is 6.18 Å². The fraction of sp³-hybridized carbons (Fsp3) is 0.429. The number of rotatable bonds is 3. The van der Waals surface area contributed by atoms with Gasteiger partial charge in [0.25, 0.3) is 5.91 Å². The fourth-order valence-electron chi connectivity index (χ4n) is 4.12. The minimum absolute atomic E-state index is 0.00135. The standard InChI is InChI=1S/C21H21Cl2F3N4O/c22-16-3-1-14(2-4-16)20(31)30-6-5-17(13-30)28-7-9-29(10-8-28)19-18(23)11-15(12-27-19)21(24,25)26/h1-4,11-12,17H,5-10,13H2. The van der Waals surface area contributed by atoms with Crippen molar-refractivity contribution in [1.82, 2.24) is 14.8 Å². The van der Waals surface area contributed by atoms with E-state index in [1.165, 1.54) is 0 Å². The van der Waals surface area contributed by atoms with Crippen LogP contribution < -0.4 is 4.90 Å². The summed E-state index contributed by atoms with van der Waals surface area (Å²) in [5, 5.41) is 0.597. The molecule has 1 aromatic carbocycles. The first kappa shape index (κ1) is 22.2. The first-order valence-electron chi connectivity index (χ1n) is 9.99. The van der Waals surface area contributed by atoms with Crippen molar-refractivity contribution in [3.63, 3.8) is 0 Å². The molecule has 4 rings (SSSR count). The molecule has 10 heteroatoms. The molecule has 5 nitrogen and oxygen atoms in total. The van der Waals surface area contributed by atoms with E-state index in [2.05, 4.69) is 9.88 Å². The highest BCUT2D eigenvalue weighted by Gasteiger charge is 2.34. The summed E-state index contributed by atoms with van der Waals surface area (Å²) in [6.45, 7) is 4.03. The Hall–Kier alpha value is -2.03. The maximum Gasteiger partial charge on any atom is 0.417 e. The number of benzene rings is 1. The Bertz CT molecular complexity index is 947. The van der Waals surface area contributed by atoms with E-state index in [0.29, 0.717) is 42.6 Å². The fourth-order valence-corrected chi connectivity index (χ4v) is 4.53. The average molecular weight is 473 g/mol. The van der Waals surface area contributed by atoms with Crippen LogP contribution in [0.2, 0.25) is 10.0 Å². The molecule has 2 saturated heterocycles. The van der Waals surface area contributed by atoms with Crippen LogP contribution in [0.4, 0.5) is 19.0 Å². The Morgan fingerprint density at radius 2 is 1.71 bits per heavy atom. The first-order valence-corrected chi connectivity index (χ1v) is 10.7. The van der Waals surface area contributed by atoms with E-state index in [1.54, 1.807) is 24.3 Å². The number of piperazine rings is 1. The van der Waals surface area contributed by atoms with Crippen molar-refractivity contribution in [2.45, 2.75) is 18.6 Å². The van der Waals surface area contributed by atoms with Crippen molar-refractivity contribution in [3.05, 3.63) is 57.7 Å². The highest BCUT2D eigenvalue weighted by atomic mass is 35.5. The lowest BCUT2D eigenvalue weighted by atomic mass is 10.2. The molecule has 2 fully saturated rings. The van der Waals surface area contributed by atoms with Crippen LogP contribution in [-0.2, 0) is 6.18 Å². The lowest BCUT2D eigenvalue weighted by Crippen LogP contribution is -2.51. The summed E-state index contributed by atoms with van der Waals surface area (Å²) in [5.74, 6) is 0.374. The maximum atomic E-state index is 12.8. The van der Waals surface area contributed by atoms with E-state index in [4.69, 9.17) is 23.2 Å². The van der Waals surface area contributed by atoms with Crippen LogP contribution in [0, 0.1) is 0 Å². The molecule has 2 aliphatic heterocycles. The van der Waals surface area contributed by atoms with E-state index in [1.807, 2.05) is 9.80 Å². The smallest absolute Gasteiger partial charge is 0.353 e. The van der Waals surface area contributed by atoms with Crippen LogP contribution in [0.3, 0.4) is 0 Å². The summed E-state index contributed by atoms with van der Waals surface area (Å²) in [6.07, 6.45) is -2.75. The molecule has 166 valence electrons. The Balaban J connectivity index is 1.33. The van der Waals surface area contributed by atoms with Crippen molar-refractivity contribution < 1.29 is 18.0 Å². The molecule has 0 bridgehead atoms. The van der Waals surface area contributed by atoms with Gasteiger partial charge in [-0.2, -0.15) is 13.2 Å². The Morgan fingerprint density at radius 1 is 1.03 bits per heavy atom. The van der Waals surface area contributed by atoms with Gasteiger partial charge in [0.15, 0.2) is 0 Å². The van der Waals surface area contributed by atoms with E-state index >= 15 is 0 Å². The second-order valence-electron chi connectivity index (χ2n) is 7.75. The van der Waals surface area contributed by atoms with Gasteiger partial charge in [0.1, 0.15) is 5.82 Å². The van der Waals surface area contributed by atoms with Gasteiger partial charge in [-0.25, -0.2) is 4.98 Å². The van der Waals surface area contributed by atoms with Gasteiger partial charge in [-0.05, 0) is 36.8 Å². The molecule has 1 atom stereocenters. The molecule has 1 aromatic heterocycles. The van der Waals surface area contributed by atoms with Gasteiger partial charge in [-0.3, -0.25) is 9.69 Å². The molecular weight excluding hydrogens is 452 g/mol. The van der Waals surface area contributed by atoms with E-state index in [0.717, 1.165) is 31.8 Å². The lowest BCUT2D eigenvalue weighted by Gasteiger charge is -2.38. The summed E-state index contributed by atoms with van der Waals surface area (Å²) in [7, 11) is 0. The topological polar surface area (TPSA) is 39.7 Å². The van der Waals surface area contributed by atoms with Gasteiger partial charge in [0, 0.05) is 62.1 Å². The molecule has 31 heavy (non-hydrogen) atoms. The number of carbonyl (C=O) groups excluding carboxylic acids is 1. The number of likely N-dealkylation sites (tertiary alicyclic amines) is 1. The summed E-state index contributed by atoms with van der Waals surface area (Å²) >= 11 is 12.0. The molecule has 2 aromatic rings. The number of anilines is 1. The normalized spacial score (nSPS) is 20.4. The monoisotopic (exact) mass is 472 g/mol. The van der Waals surface area contributed by atoms with Gasteiger partial charge < -0.3 is 9.80 Å². The zero-order chi connectivity index (χ0) is 22.2. The number of hydrogen-bond acceptors (Lipinski definition) is 4. The third kappa shape index (κ3) is 4.91. The molecular formula is C21H21Cl2F3N4O. The number of nitrogens with zero attached hydrogens (tertiary/aromatic N) is 4. The van der Waals surface area contributed by atoms with Crippen LogP contribution in [-0.4, -0.2) is 66.0 Å². The van der Waals surface area contributed by atoms with E-state index in [-0.39, 0.29) is 17.0 Å².